The van der Waals surface area contributed by atoms with Gasteiger partial charge in [0.05, 0.1) is 5.70 Å². The Morgan fingerprint density at radius 3 is 2.10 bits per heavy atom. The molecule has 2 N–H and O–H groups in total. The van der Waals surface area contributed by atoms with Crippen LogP contribution >= 0.6 is 0 Å². The van der Waals surface area contributed by atoms with Gasteiger partial charge in [-0.1, -0.05) is 23.8 Å². The number of hydrogen-bond acceptors (Lipinski definition) is 3. The van der Waals surface area contributed by atoms with E-state index in [0.29, 0.717) is 12.2 Å². The van der Waals surface area contributed by atoms with E-state index in [9.17, 15) is 18.0 Å². The van der Waals surface area contributed by atoms with Crippen molar-refractivity contribution >= 4 is 5.78 Å². The molecule has 3 nitrogen and oxygen atoms in total. The van der Waals surface area contributed by atoms with E-state index in [0.717, 1.165) is 11.1 Å². The number of nitrogens with one attached hydrogen (secondary N) is 2. The van der Waals surface area contributed by atoms with Crippen molar-refractivity contribution < 1.29 is 18.0 Å². The monoisotopic (exact) mass is 290 g/mol. The molecule has 0 aliphatic heterocycles. The Balaban J connectivity index is 4.74. The molecule has 0 bridgehead atoms. The number of halogens is 3. The van der Waals surface area contributed by atoms with Gasteiger partial charge in [0, 0.05) is 19.2 Å². The molecule has 114 valence electrons. The number of carbonyl (C=O) groups excluding carboxylic acids is 1. The van der Waals surface area contributed by atoms with Crippen molar-refractivity contribution in [2.75, 3.05) is 13.1 Å². The van der Waals surface area contributed by atoms with E-state index in [1.807, 2.05) is 19.9 Å². The van der Waals surface area contributed by atoms with Crippen LogP contribution in [0.5, 0.6) is 0 Å². The van der Waals surface area contributed by atoms with Crippen LogP contribution in [0.3, 0.4) is 0 Å². The zero-order valence-electron chi connectivity index (χ0n) is 12.2. The molecule has 20 heavy (non-hydrogen) atoms. The lowest BCUT2D eigenvalue weighted by atomic mass is 10.1. The van der Waals surface area contributed by atoms with Gasteiger partial charge in [-0.3, -0.25) is 4.79 Å². The topological polar surface area (TPSA) is 41.1 Å². The molecular weight excluding hydrogens is 269 g/mol. The third kappa shape index (κ3) is 7.66. The highest BCUT2D eigenvalue weighted by atomic mass is 19.4. The van der Waals surface area contributed by atoms with Gasteiger partial charge in [0.25, 0.3) is 0 Å². The van der Waals surface area contributed by atoms with Crippen molar-refractivity contribution in [3.05, 3.63) is 35.2 Å². The van der Waals surface area contributed by atoms with Crippen LogP contribution in [0.15, 0.2) is 35.2 Å². The number of rotatable bonds is 7. The summed E-state index contributed by atoms with van der Waals surface area (Å²) in [5.41, 5.74) is 2.23. The summed E-state index contributed by atoms with van der Waals surface area (Å²) in [6.45, 7) is 9.48. The first-order valence-electron chi connectivity index (χ1n) is 6.13. The minimum Gasteiger partial charge on any atom is -0.383 e. The zero-order valence-corrected chi connectivity index (χ0v) is 12.2. The number of carbonyl (C=O) groups is 1. The molecule has 0 saturated heterocycles. The molecular formula is C14H21F3N2O. The second-order valence-corrected chi connectivity index (χ2v) is 4.57. The molecule has 0 rings (SSSR count). The third-order valence-corrected chi connectivity index (χ3v) is 2.64. The van der Waals surface area contributed by atoms with Crippen LogP contribution in [0, 0.1) is 0 Å². The molecule has 0 aromatic rings. The maximum atomic E-state index is 12.2. The van der Waals surface area contributed by atoms with Crippen molar-refractivity contribution in [2.45, 2.75) is 33.9 Å². The fourth-order valence-corrected chi connectivity index (χ4v) is 1.33. The lowest BCUT2D eigenvalue weighted by molar-refractivity contribution is -0.124. The van der Waals surface area contributed by atoms with Gasteiger partial charge < -0.3 is 10.6 Å². The highest BCUT2D eigenvalue weighted by molar-refractivity contribution is 5.93. The predicted molar refractivity (Wildman–Crippen MR) is 74.0 cm³/mol. The molecule has 0 radical (unpaired) electrons. The molecule has 0 aliphatic carbocycles. The van der Waals surface area contributed by atoms with Crippen LogP contribution in [-0.2, 0) is 4.79 Å². The molecule has 0 heterocycles. The highest BCUT2D eigenvalue weighted by Gasteiger charge is 2.27. The summed E-state index contributed by atoms with van der Waals surface area (Å²) in [6, 6.07) is 0. The maximum Gasteiger partial charge on any atom is 0.405 e. The third-order valence-electron chi connectivity index (χ3n) is 2.64. The largest absolute Gasteiger partial charge is 0.405 e. The summed E-state index contributed by atoms with van der Waals surface area (Å²) in [5.74, 6) is -0.445. The minimum atomic E-state index is -4.36. The average molecular weight is 290 g/mol. The zero-order chi connectivity index (χ0) is 15.9. The number of allylic oxidation sites excluding steroid dienone is 4. The molecule has 0 atom stereocenters. The van der Waals surface area contributed by atoms with Crippen molar-refractivity contribution in [3.63, 3.8) is 0 Å². The summed E-state index contributed by atoms with van der Waals surface area (Å²) >= 11 is 0. The van der Waals surface area contributed by atoms with Gasteiger partial charge in [-0.15, -0.1) is 0 Å². The van der Waals surface area contributed by atoms with E-state index in [1.54, 1.807) is 6.92 Å². The van der Waals surface area contributed by atoms with Crippen LogP contribution in [0.1, 0.15) is 27.7 Å². The Bertz CT molecular complexity index is 434. The molecule has 0 aromatic heterocycles. The molecule has 0 aromatic carbocycles. The van der Waals surface area contributed by atoms with Crippen LogP contribution in [0.25, 0.3) is 0 Å². The molecule has 6 heteroatoms. The van der Waals surface area contributed by atoms with E-state index < -0.39 is 18.5 Å². The Labute approximate surface area is 117 Å². The molecule has 0 saturated carbocycles. The normalized spacial score (nSPS) is 13.7. The predicted octanol–water partition coefficient (Wildman–Crippen LogP) is 3.07. The van der Waals surface area contributed by atoms with Crippen LogP contribution < -0.4 is 10.6 Å². The number of alkyl halides is 3. The Hall–Kier alpha value is -1.72. The van der Waals surface area contributed by atoms with E-state index in [4.69, 9.17) is 0 Å². The second-order valence-electron chi connectivity index (χ2n) is 4.57. The second kappa shape index (κ2) is 7.77. The summed E-state index contributed by atoms with van der Waals surface area (Å²) in [6.07, 6.45) is -2.51. The number of hydrogen-bond donors (Lipinski definition) is 2. The van der Waals surface area contributed by atoms with E-state index in [2.05, 4.69) is 17.2 Å². The Morgan fingerprint density at radius 1 is 1.15 bits per heavy atom. The van der Waals surface area contributed by atoms with Gasteiger partial charge in [-0.25, -0.2) is 0 Å². The summed E-state index contributed by atoms with van der Waals surface area (Å²) < 4.78 is 36.5. The lowest BCUT2D eigenvalue weighted by Gasteiger charge is -2.15. The van der Waals surface area contributed by atoms with Gasteiger partial charge in [0.15, 0.2) is 5.78 Å². The molecule has 0 fully saturated rings. The first kappa shape index (κ1) is 18.3. The SMILES string of the molecule is C=C(C)/C(C)=C\CN/C(C)=C(\NCC(F)(F)F)C(C)=O. The van der Waals surface area contributed by atoms with E-state index in [-0.39, 0.29) is 5.70 Å². The summed E-state index contributed by atoms with van der Waals surface area (Å²) in [5, 5.41) is 5.02. The van der Waals surface area contributed by atoms with Crippen molar-refractivity contribution in [1.29, 1.82) is 0 Å². The Morgan fingerprint density at radius 2 is 1.70 bits per heavy atom. The fourth-order valence-electron chi connectivity index (χ4n) is 1.33. The smallest absolute Gasteiger partial charge is 0.383 e. The fraction of sp³-hybridized carbons (Fsp3) is 0.500. The maximum absolute atomic E-state index is 12.2. The van der Waals surface area contributed by atoms with Gasteiger partial charge in [0.2, 0.25) is 0 Å². The molecule has 0 aliphatic rings. The summed E-state index contributed by atoms with van der Waals surface area (Å²) in [4.78, 5) is 11.4. The first-order chi connectivity index (χ1) is 9.04. The van der Waals surface area contributed by atoms with Crippen molar-refractivity contribution in [2.24, 2.45) is 0 Å². The number of ketones is 1. The van der Waals surface area contributed by atoms with Gasteiger partial charge in [-0.2, -0.15) is 13.2 Å². The molecule has 0 unspecified atom stereocenters. The highest BCUT2D eigenvalue weighted by Crippen LogP contribution is 2.13. The molecule has 0 amide bonds. The quantitative estimate of drug-likeness (QED) is 0.559. The van der Waals surface area contributed by atoms with E-state index >= 15 is 0 Å². The standard InChI is InChI=1S/C14H21F3N2O/c1-9(2)10(3)6-7-18-11(4)13(12(5)20)19-8-14(15,16)17/h6,18-19H,1,7-8H2,2-5H3/b10-6-,13-11-. The number of Topliss-reactive ketones (excluding diaryl/α,β-unsaturated/α-hetero) is 1. The lowest BCUT2D eigenvalue weighted by Crippen LogP contribution is -2.33. The molecule has 0 spiro atoms. The van der Waals surface area contributed by atoms with Crippen LogP contribution in [0.2, 0.25) is 0 Å². The van der Waals surface area contributed by atoms with E-state index in [1.165, 1.54) is 6.92 Å². The van der Waals surface area contributed by atoms with Crippen LogP contribution in [0.4, 0.5) is 13.2 Å². The average Bonchev–Trinajstić information content (AvgIpc) is 2.26. The van der Waals surface area contributed by atoms with Crippen molar-refractivity contribution in [3.8, 4) is 0 Å². The van der Waals surface area contributed by atoms with Gasteiger partial charge in [0.1, 0.15) is 6.54 Å². The minimum absolute atomic E-state index is 0.0521. The summed E-state index contributed by atoms with van der Waals surface area (Å²) in [7, 11) is 0. The van der Waals surface area contributed by atoms with Gasteiger partial charge in [-0.05, 0) is 20.8 Å². The van der Waals surface area contributed by atoms with Gasteiger partial charge >= 0.3 is 6.18 Å². The Kier molecular flexibility index (Phi) is 7.10. The first-order valence-corrected chi connectivity index (χ1v) is 6.13. The van der Waals surface area contributed by atoms with Crippen LogP contribution in [-0.4, -0.2) is 25.0 Å². The van der Waals surface area contributed by atoms with Crippen molar-refractivity contribution in [1.82, 2.24) is 10.6 Å².